The minimum atomic E-state index is -0.0348. The van der Waals surface area contributed by atoms with Crippen LogP contribution < -0.4 is 0 Å². The van der Waals surface area contributed by atoms with Gasteiger partial charge in [-0.3, -0.25) is 4.79 Å². The first-order valence-corrected chi connectivity index (χ1v) is 7.99. The van der Waals surface area contributed by atoms with Gasteiger partial charge in [0.1, 0.15) is 6.61 Å². The smallest absolute Gasteiger partial charge is 0.249 e. The van der Waals surface area contributed by atoms with Crippen molar-refractivity contribution in [1.82, 2.24) is 9.88 Å². The van der Waals surface area contributed by atoms with Crippen LogP contribution in [-0.4, -0.2) is 35.5 Å². The van der Waals surface area contributed by atoms with Gasteiger partial charge < -0.3 is 14.6 Å². The van der Waals surface area contributed by atoms with E-state index in [0.29, 0.717) is 10.0 Å². The summed E-state index contributed by atoms with van der Waals surface area (Å²) in [5.74, 6) is 0.00237. The zero-order valence-electron chi connectivity index (χ0n) is 12.7. The molecule has 118 valence electrons. The van der Waals surface area contributed by atoms with E-state index in [2.05, 4.69) is 4.98 Å². The van der Waals surface area contributed by atoms with Crippen LogP contribution in [0.3, 0.4) is 0 Å². The molecule has 2 atom stereocenters. The molecule has 0 aliphatic carbocycles. The third-order valence-corrected chi connectivity index (χ3v) is 5.16. The Kier molecular flexibility index (Phi) is 4.10. The number of amides is 1. The van der Waals surface area contributed by atoms with Crippen LogP contribution in [0.1, 0.15) is 31.1 Å². The maximum absolute atomic E-state index is 12.4. The van der Waals surface area contributed by atoms with E-state index in [4.69, 9.17) is 27.9 Å². The van der Waals surface area contributed by atoms with Gasteiger partial charge in [0.2, 0.25) is 5.91 Å². The van der Waals surface area contributed by atoms with Gasteiger partial charge in [-0.1, -0.05) is 29.3 Å². The van der Waals surface area contributed by atoms with Crippen LogP contribution in [0, 0.1) is 0 Å². The van der Waals surface area contributed by atoms with Crippen LogP contribution in [0.25, 0.3) is 10.9 Å². The molecule has 0 fully saturated rings. The molecule has 6 heteroatoms. The van der Waals surface area contributed by atoms with E-state index in [9.17, 15) is 4.79 Å². The minimum absolute atomic E-state index is 0.00237. The molecule has 1 aliphatic rings. The molecule has 0 bridgehead atoms. The average Bonchev–Trinajstić information content (AvgIpc) is 2.82. The Hall–Kier alpha value is -1.23. The summed E-state index contributed by atoms with van der Waals surface area (Å²) in [6.07, 6.45) is 0.762. The summed E-state index contributed by atoms with van der Waals surface area (Å²) < 4.78 is 5.01. The maximum atomic E-state index is 12.4. The van der Waals surface area contributed by atoms with Crippen LogP contribution in [0.5, 0.6) is 0 Å². The van der Waals surface area contributed by atoms with Crippen LogP contribution in [0.15, 0.2) is 12.1 Å². The van der Waals surface area contributed by atoms with E-state index >= 15 is 0 Å². The highest BCUT2D eigenvalue weighted by atomic mass is 35.5. The van der Waals surface area contributed by atoms with Crippen molar-refractivity contribution in [3.05, 3.63) is 33.4 Å². The number of carbonyl (C=O) groups is 1. The molecule has 0 saturated carbocycles. The van der Waals surface area contributed by atoms with E-state index < -0.39 is 0 Å². The van der Waals surface area contributed by atoms with E-state index in [1.807, 2.05) is 24.8 Å². The second-order valence-corrected chi connectivity index (χ2v) is 6.55. The first-order chi connectivity index (χ1) is 10.5. The molecule has 0 unspecified atom stereocenters. The quantitative estimate of drug-likeness (QED) is 0.899. The molecule has 1 N–H and O–H groups in total. The van der Waals surface area contributed by atoms with Crippen molar-refractivity contribution in [2.45, 2.75) is 32.4 Å². The lowest BCUT2D eigenvalue weighted by Gasteiger charge is -2.39. The van der Waals surface area contributed by atoms with E-state index in [0.717, 1.165) is 28.6 Å². The lowest BCUT2D eigenvalue weighted by atomic mass is 9.93. The molecular formula is C16H18Cl2N2O2. The topological polar surface area (TPSA) is 45.3 Å². The summed E-state index contributed by atoms with van der Waals surface area (Å²) in [5, 5.41) is 2.09. The summed E-state index contributed by atoms with van der Waals surface area (Å²) in [7, 11) is 1.54. The van der Waals surface area contributed by atoms with Crippen LogP contribution in [0.4, 0.5) is 0 Å². The summed E-state index contributed by atoms with van der Waals surface area (Å²) in [5.41, 5.74) is 3.09. The first kappa shape index (κ1) is 15.7. The Labute approximate surface area is 139 Å². The van der Waals surface area contributed by atoms with Gasteiger partial charge in [0.15, 0.2) is 0 Å². The SMILES string of the molecule is COCC(=O)N1[C@@H](C)Cc2[nH]c3c(Cl)c(Cl)ccc3c2[C@@H]1C. The van der Waals surface area contributed by atoms with Crippen molar-refractivity contribution in [1.29, 1.82) is 0 Å². The number of hydrogen-bond donors (Lipinski definition) is 1. The number of carbonyl (C=O) groups excluding carboxylic acids is 1. The van der Waals surface area contributed by atoms with Crippen LogP contribution >= 0.6 is 23.2 Å². The van der Waals surface area contributed by atoms with E-state index in [1.165, 1.54) is 7.11 Å². The summed E-state index contributed by atoms with van der Waals surface area (Å²) >= 11 is 12.4. The number of rotatable bonds is 2. The van der Waals surface area contributed by atoms with Crippen molar-refractivity contribution < 1.29 is 9.53 Å². The monoisotopic (exact) mass is 340 g/mol. The zero-order valence-corrected chi connectivity index (χ0v) is 14.3. The molecule has 1 aliphatic heterocycles. The second kappa shape index (κ2) is 5.76. The van der Waals surface area contributed by atoms with Crippen molar-refractivity contribution in [3.8, 4) is 0 Å². The first-order valence-electron chi connectivity index (χ1n) is 7.24. The lowest BCUT2D eigenvalue weighted by Crippen LogP contribution is -2.46. The number of aromatic nitrogens is 1. The van der Waals surface area contributed by atoms with Crippen molar-refractivity contribution in [2.75, 3.05) is 13.7 Å². The Morgan fingerprint density at radius 2 is 2.14 bits per heavy atom. The van der Waals surface area contributed by atoms with Gasteiger partial charge in [0, 0.05) is 36.2 Å². The number of halogens is 2. The Morgan fingerprint density at radius 1 is 1.41 bits per heavy atom. The number of nitrogens with one attached hydrogen (secondary N) is 1. The molecular weight excluding hydrogens is 323 g/mol. The molecule has 1 aromatic heterocycles. The van der Waals surface area contributed by atoms with Crippen LogP contribution in [0.2, 0.25) is 10.0 Å². The fraction of sp³-hybridized carbons (Fsp3) is 0.438. The fourth-order valence-electron chi connectivity index (χ4n) is 3.49. The number of nitrogens with zero attached hydrogens (tertiary/aromatic N) is 1. The molecule has 22 heavy (non-hydrogen) atoms. The van der Waals surface area contributed by atoms with Gasteiger partial charge in [-0.25, -0.2) is 0 Å². The molecule has 1 aromatic carbocycles. The van der Waals surface area contributed by atoms with Gasteiger partial charge in [0.05, 0.1) is 21.6 Å². The van der Waals surface area contributed by atoms with Crippen molar-refractivity contribution >= 4 is 40.0 Å². The fourth-order valence-corrected chi connectivity index (χ4v) is 3.86. The molecule has 4 nitrogen and oxygen atoms in total. The molecule has 0 spiro atoms. The number of ether oxygens (including phenoxy) is 1. The molecule has 3 rings (SSSR count). The van der Waals surface area contributed by atoms with Gasteiger partial charge in [-0.2, -0.15) is 0 Å². The summed E-state index contributed by atoms with van der Waals surface area (Å²) in [4.78, 5) is 17.6. The standard InChI is InChI=1S/C16H18Cl2N2O2/c1-8-6-12-14(9(2)20(8)13(21)7-22-3)10-4-5-11(17)15(18)16(10)19-12/h4-5,8-9,19H,6-7H2,1-3H3/t8-,9-/m0/s1. The van der Waals surface area contributed by atoms with Crippen LogP contribution in [-0.2, 0) is 16.0 Å². The maximum Gasteiger partial charge on any atom is 0.249 e. The Morgan fingerprint density at radius 3 is 2.82 bits per heavy atom. The highest BCUT2D eigenvalue weighted by molar-refractivity contribution is 6.45. The molecule has 0 saturated heterocycles. The summed E-state index contributed by atoms with van der Waals surface area (Å²) in [6.45, 7) is 4.18. The largest absolute Gasteiger partial charge is 0.375 e. The Bertz CT molecular complexity index is 741. The lowest BCUT2D eigenvalue weighted by molar-refractivity contribution is -0.140. The number of aromatic amines is 1. The molecule has 1 amide bonds. The number of benzene rings is 1. The molecule has 0 radical (unpaired) electrons. The average molecular weight is 341 g/mol. The number of methoxy groups -OCH3 is 1. The van der Waals surface area contributed by atoms with Gasteiger partial charge in [0.25, 0.3) is 0 Å². The second-order valence-electron chi connectivity index (χ2n) is 5.76. The van der Waals surface area contributed by atoms with E-state index in [1.54, 1.807) is 6.07 Å². The number of fused-ring (bicyclic) bond motifs is 3. The van der Waals surface area contributed by atoms with Crippen molar-refractivity contribution in [3.63, 3.8) is 0 Å². The highest BCUT2D eigenvalue weighted by Crippen LogP contribution is 2.41. The predicted octanol–water partition coefficient (Wildman–Crippen LogP) is 3.96. The Balaban J connectivity index is 2.13. The van der Waals surface area contributed by atoms with Gasteiger partial charge in [-0.05, 0) is 19.9 Å². The molecule has 2 aromatic rings. The molecule has 2 heterocycles. The highest BCUT2D eigenvalue weighted by Gasteiger charge is 2.35. The zero-order chi connectivity index (χ0) is 16.0. The summed E-state index contributed by atoms with van der Waals surface area (Å²) in [6, 6.07) is 3.83. The van der Waals surface area contributed by atoms with E-state index in [-0.39, 0.29) is 24.6 Å². The third kappa shape index (κ3) is 2.30. The minimum Gasteiger partial charge on any atom is -0.375 e. The number of H-pyrrole nitrogens is 1. The predicted molar refractivity (Wildman–Crippen MR) is 88.6 cm³/mol. The van der Waals surface area contributed by atoms with Crippen molar-refractivity contribution in [2.24, 2.45) is 0 Å². The van der Waals surface area contributed by atoms with Gasteiger partial charge >= 0.3 is 0 Å². The third-order valence-electron chi connectivity index (χ3n) is 4.35. The van der Waals surface area contributed by atoms with Gasteiger partial charge in [-0.15, -0.1) is 0 Å². The normalized spacial score (nSPS) is 21.2. The number of hydrogen-bond acceptors (Lipinski definition) is 2.